The molecule has 0 aromatic rings. The summed E-state index contributed by atoms with van der Waals surface area (Å²) in [5.41, 5.74) is -2.77. The van der Waals surface area contributed by atoms with Crippen molar-refractivity contribution < 1.29 is 13.5 Å². The molecule has 56 valence electrons. The van der Waals surface area contributed by atoms with E-state index >= 15 is 0 Å². The van der Waals surface area contributed by atoms with Gasteiger partial charge in [0.05, 0.1) is 6.10 Å². The molecular formula is C5H11F2OP. The minimum Gasteiger partial charge on any atom is -0.372 e. The molecule has 1 atom stereocenters. The van der Waals surface area contributed by atoms with Gasteiger partial charge in [0.15, 0.2) is 0 Å². The normalized spacial score (nSPS) is 12.7. The molecule has 0 spiro atoms. The third-order valence-electron chi connectivity index (χ3n) is 0.609. The summed E-state index contributed by atoms with van der Waals surface area (Å²) in [6.45, 7) is 2.92. The van der Waals surface area contributed by atoms with Crippen LogP contribution >= 0.6 is 9.24 Å². The van der Waals surface area contributed by atoms with E-state index in [-0.39, 0.29) is 6.10 Å². The summed E-state index contributed by atoms with van der Waals surface area (Å²) in [5.74, 6) is 0. The fourth-order valence-electron chi connectivity index (χ4n) is 0.278. The smallest absolute Gasteiger partial charge is 0.281 e. The predicted molar refractivity (Wildman–Crippen MR) is 35.7 cm³/mol. The van der Waals surface area contributed by atoms with Crippen molar-refractivity contribution in [3.63, 3.8) is 0 Å². The molecule has 1 unspecified atom stereocenters. The van der Waals surface area contributed by atoms with E-state index in [0.717, 1.165) is 0 Å². The molecule has 0 aromatic carbocycles. The summed E-state index contributed by atoms with van der Waals surface area (Å²) in [6.07, 6.45) is -0.128. The molecule has 9 heavy (non-hydrogen) atoms. The van der Waals surface area contributed by atoms with Crippen molar-refractivity contribution in [2.45, 2.75) is 25.6 Å². The number of hydrogen-bond donors (Lipinski definition) is 0. The predicted octanol–water partition coefficient (Wildman–Crippen LogP) is 1.88. The van der Waals surface area contributed by atoms with Crippen LogP contribution in [0.25, 0.3) is 0 Å². The first-order chi connectivity index (χ1) is 3.92. The van der Waals surface area contributed by atoms with Gasteiger partial charge in [0.2, 0.25) is 0 Å². The Bertz CT molecular complexity index is 79.5. The highest BCUT2D eigenvalue weighted by Gasteiger charge is 2.21. The Hall–Kier alpha value is 0.250. The molecule has 0 aromatic heterocycles. The van der Waals surface area contributed by atoms with Crippen LogP contribution in [0.2, 0.25) is 0 Å². The van der Waals surface area contributed by atoms with Crippen molar-refractivity contribution in [2.75, 3.05) is 6.61 Å². The van der Waals surface area contributed by atoms with Gasteiger partial charge in [0.1, 0.15) is 6.61 Å². The molecule has 0 aliphatic rings. The number of rotatable bonds is 3. The molecule has 0 radical (unpaired) electrons. The zero-order valence-corrected chi connectivity index (χ0v) is 6.68. The number of halogens is 2. The van der Waals surface area contributed by atoms with Crippen molar-refractivity contribution in [1.29, 1.82) is 0 Å². The molecular weight excluding hydrogens is 145 g/mol. The van der Waals surface area contributed by atoms with Gasteiger partial charge in [-0.2, -0.15) is 8.78 Å². The first kappa shape index (κ1) is 9.25. The van der Waals surface area contributed by atoms with E-state index in [0.29, 0.717) is 0 Å². The molecule has 0 fully saturated rings. The lowest BCUT2D eigenvalue weighted by atomic mass is 10.5. The SMILES string of the molecule is CC(C)OCC(F)(F)P. The average molecular weight is 156 g/mol. The van der Waals surface area contributed by atoms with Gasteiger partial charge in [-0.3, -0.25) is 0 Å². The number of ether oxygens (including phenoxy) is 1. The van der Waals surface area contributed by atoms with Crippen LogP contribution in [0, 0.1) is 0 Å². The molecule has 1 nitrogen and oxygen atoms in total. The van der Waals surface area contributed by atoms with Crippen molar-refractivity contribution >= 4 is 9.24 Å². The van der Waals surface area contributed by atoms with Crippen LogP contribution in [0.5, 0.6) is 0 Å². The van der Waals surface area contributed by atoms with E-state index < -0.39 is 12.3 Å². The highest BCUT2D eigenvalue weighted by atomic mass is 31.0. The Morgan fingerprint density at radius 2 is 2.00 bits per heavy atom. The van der Waals surface area contributed by atoms with Crippen molar-refractivity contribution in [3.05, 3.63) is 0 Å². The van der Waals surface area contributed by atoms with Crippen LogP contribution in [0.3, 0.4) is 0 Å². The maximum Gasteiger partial charge on any atom is 0.281 e. The highest BCUT2D eigenvalue weighted by Crippen LogP contribution is 2.22. The average Bonchev–Trinajstić information content (AvgIpc) is 1.59. The van der Waals surface area contributed by atoms with Gasteiger partial charge in [-0.05, 0) is 13.8 Å². The third kappa shape index (κ3) is 8.25. The van der Waals surface area contributed by atoms with Crippen LogP contribution in [0.4, 0.5) is 8.78 Å². The van der Waals surface area contributed by atoms with E-state index in [2.05, 4.69) is 4.74 Å². The van der Waals surface area contributed by atoms with E-state index in [1.54, 1.807) is 13.8 Å². The first-order valence-electron chi connectivity index (χ1n) is 2.70. The first-order valence-corrected chi connectivity index (χ1v) is 3.28. The fourth-order valence-corrected chi connectivity index (χ4v) is 0.374. The summed E-state index contributed by atoms with van der Waals surface area (Å²) in [7, 11) is 1.42. The van der Waals surface area contributed by atoms with Gasteiger partial charge in [-0.15, -0.1) is 0 Å². The monoisotopic (exact) mass is 156 g/mol. The van der Waals surface area contributed by atoms with Crippen LogP contribution in [0.1, 0.15) is 13.8 Å². The summed E-state index contributed by atoms with van der Waals surface area (Å²) in [6, 6.07) is 0. The number of hydrogen-bond acceptors (Lipinski definition) is 1. The second kappa shape index (κ2) is 3.43. The Labute approximate surface area is 56.0 Å². The maximum absolute atomic E-state index is 11.9. The molecule has 0 amide bonds. The van der Waals surface area contributed by atoms with E-state index in [1.807, 2.05) is 0 Å². The number of alkyl halides is 2. The third-order valence-corrected chi connectivity index (χ3v) is 0.776. The van der Waals surface area contributed by atoms with Gasteiger partial charge >= 0.3 is 0 Å². The van der Waals surface area contributed by atoms with Crippen LogP contribution in [-0.2, 0) is 4.74 Å². The lowest BCUT2D eigenvalue weighted by molar-refractivity contribution is -0.0324. The minimum absolute atomic E-state index is 0.128. The molecule has 0 aliphatic carbocycles. The van der Waals surface area contributed by atoms with Gasteiger partial charge in [0.25, 0.3) is 5.66 Å². The summed E-state index contributed by atoms with van der Waals surface area (Å²) < 4.78 is 28.5. The molecule has 0 heterocycles. The Kier molecular flexibility index (Phi) is 3.52. The Balaban J connectivity index is 3.28. The molecule has 0 saturated heterocycles. The van der Waals surface area contributed by atoms with Crippen molar-refractivity contribution in [2.24, 2.45) is 0 Å². The van der Waals surface area contributed by atoms with Gasteiger partial charge in [-0.25, -0.2) is 0 Å². The van der Waals surface area contributed by atoms with E-state index in [1.165, 1.54) is 9.24 Å². The maximum atomic E-state index is 11.9. The molecule has 4 heteroatoms. The van der Waals surface area contributed by atoms with Gasteiger partial charge < -0.3 is 4.74 Å². The standard InChI is InChI=1S/C5H11F2OP/c1-4(2)8-3-5(6,7)9/h4H,3,9H2,1-2H3. The quantitative estimate of drug-likeness (QED) is 0.567. The van der Waals surface area contributed by atoms with Gasteiger partial charge in [-0.1, -0.05) is 9.24 Å². The molecule has 0 saturated carbocycles. The largest absolute Gasteiger partial charge is 0.372 e. The van der Waals surface area contributed by atoms with Crippen LogP contribution < -0.4 is 0 Å². The minimum atomic E-state index is -2.77. The second-order valence-electron chi connectivity index (χ2n) is 2.12. The zero-order chi connectivity index (χ0) is 7.49. The summed E-state index contributed by atoms with van der Waals surface area (Å²) >= 11 is 0. The molecule has 0 aliphatic heterocycles. The van der Waals surface area contributed by atoms with E-state index in [9.17, 15) is 8.78 Å². The van der Waals surface area contributed by atoms with Crippen molar-refractivity contribution in [3.8, 4) is 0 Å². The Morgan fingerprint density at radius 1 is 1.56 bits per heavy atom. The Morgan fingerprint density at radius 3 is 2.11 bits per heavy atom. The van der Waals surface area contributed by atoms with Crippen LogP contribution in [0.15, 0.2) is 0 Å². The lowest BCUT2D eigenvalue weighted by Gasteiger charge is -2.12. The molecule has 0 rings (SSSR count). The summed E-state index contributed by atoms with van der Waals surface area (Å²) in [5, 5.41) is 0. The molecule has 0 bridgehead atoms. The topological polar surface area (TPSA) is 9.23 Å². The lowest BCUT2D eigenvalue weighted by Crippen LogP contribution is -2.18. The second-order valence-corrected chi connectivity index (χ2v) is 2.97. The zero-order valence-electron chi connectivity index (χ0n) is 5.53. The summed E-state index contributed by atoms with van der Waals surface area (Å²) in [4.78, 5) is 0. The van der Waals surface area contributed by atoms with Crippen LogP contribution in [-0.4, -0.2) is 18.4 Å². The van der Waals surface area contributed by atoms with Crippen molar-refractivity contribution in [1.82, 2.24) is 0 Å². The molecule has 0 N–H and O–H groups in total. The highest BCUT2D eigenvalue weighted by molar-refractivity contribution is 7.18. The fraction of sp³-hybridized carbons (Fsp3) is 1.00. The van der Waals surface area contributed by atoms with Gasteiger partial charge in [0, 0.05) is 0 Å². The van der Waals surface area contributed by atoms with E-state index in [4.69, 9.17) is 0 Å².